The van der Waals surface area contributed by atoms with Gasteiger partial charge >= 0.3 is 0 Å². The van der Waals surface area contributed by atoms with Crippen LogP contribution in [0.3, 0.4) is 0 Å². The van der Waals surface area contributed by atoms with Gasteiger partial charge in [-0.1, -0.05) is 30.9 Å². The highest BCUT2D eigenvalue weighted by Gasteiger charge is 2.40. The highest BCUT2D eigenvalue weighted by atomic mass is 35.5. The van der Waals surface area contributed by atoms with Crippen molar-refractivity contribution in [2.24, 2.45) is 0 Å². The van der Waals surface area contributed by atoms with E-state index in [9.17, 15) is 9.18 Å². The third-order valence-corrected chi connectivity index (χ3v) is 3.97. The van der Waals surface area contributed by atoms with Crippen molar-refractivity contribution in [3.63, 3.8) is 0 Å². The van der Waals surface area contributed by atoms with Gasteiger partial charge in [-0.15, -0.1) is 0 Å². The quantitative estimate of drug-likeness (QED) is 0.776. The Labute approximate surface area is 111 Å². The lowest BCUT2D eigenvalue weighted by atomic mass is 9.79. The topological polar surface area (TPSA) is 26.3 Å². The molecule has 0 unspecified atom stereocenters. The van der Waals surface area contributed by atoms with Crippen molar-refractivity contribution in [1.29, 1.82) is 0 Å². The van der Waals surface area contributed by atoms with Gasteiger partial charge in [-0.25, -0.2) is 4.39 Å². The number of Topliss-reactive ketones (excluding diaryl/α,β-unsaturated/α-hetero) is 1. The van der Waals surface area contributed by atoms with E-state index in [1.807, 2.05) is 0 Å². The summed E-state index contributed by atoms with van der Waals surface area (Å²) in [6.07, 6.45) is 4.36. The fourth-order valence-corrected chi connectivity index (χ4v) is 2.77. The minimum atomic E-state index is -0.824. The summed E-state index contributed by atoms with van der Waals surface area (Å²) in [6.45, 7) is 0. The molecule has 0 amide bonds. The Morgan fingerprint density at radius 2 is 2.00 bits per heavy atom. The van der Waals surface area contributed by atoms with Gasteiger partial charge in [0.25, 0.3) is 0 Å². The van der Waals surface area contributed by atoms with Crippen LogP contribution in [0, 0.1) is 5.82 Å². The number of hydrogen-bond acceptors (Lipinski definition) is 2. The van der Waals surface area contributed by atoms with Crippen LogP contribution in [0.4, 0.5) is 4.39 Å². The van der Waals surface area contributed by atoms with Crippen LogP contribution in [0.25, 0.3) is 0 Å². The Kier molecular flexibility index (Phi) is 4.03. The van der Waals surface area contributed by atoms with Gasteiger partial charge in [0, 0.05) is 12.7 Å². The first-order valence-corrected chi connectivity index (χ1v) is 6.52. The zero-order valence-electron chi connectivity index (χ0n) is 10.3. The third kappa shape index (κ3) is 2.43. The molecule has 1 fully saturated rings. The standard InChI is InChI=1S/C14H16ClFO2/c1-18-14(7-3-2-4-8-14)13(17)11-9-10(16)5-6-12(11)15/h5-6,9H,2-4,7-8H2,1H3. The van der Waals surface area contributed by atoms with Crippen LogP contribution >= 0.6 is 11.6 Å². The van der Waals surface area contributed by atoms with E-state index in [1.165, 1.54) is 25.3 Å². The molecule has 0 atom stereocenters. The van der Waals surface area contributed by atoms with Gasteiger partial charge in [0.15, 0.2) is 5.78 Å². The van der Waals surface area contributed by atoms with Crippen LogP contribution in [0.5, 0.6) is 0 Å². The average molecular weight is 271 g/mol. The first-order chi connectivity index (χ1) is 8.59. The molecule has 18 heavy (non-hydrogen) atoms. The fourth-order valence-electron chi connectivity index (χ4n) is 2.56. The van der Waals surface area contributed by atoms with E-state index in [2.05, 4.69) is 0 Å². The van der Waals surface area contributed by atoms with Gasteiger partial charge in [0.2, 0.25) is 0 Å². The molecule has 0 aromatic heterocycles. The molecular formula is C14H16ClFO2. The summed E-state index contributed by atoms with van der Waals surface area (Å²) >= 11 is 5.99. The van der Waals surface area contributed by atoms with Crippen molar-refractivity contribution in [2.75, 3.05) is 7.11 Å². The van der Waals surface area contributed by atoms with Crippen LogP contribution in [0.2, 0.25) is 5.02 Å². The Morgan fingerprint density at radius 1 is 1.33 bits per heavy atom. The van der Waals surface area contributed by atoms with Gasteiger partial charge in [-0.2, -0.15) is 0 Å². The molecule has 2 rings (SSSR count). The van der Waals surface area contributed by atoms with E-state index in [0.717, 1.165) is 19.3 Å². The van der Waals surface area contributed by atoms with E-state index in [-0.39, 0.29) is 16.4 Å². The molecule has 0 N–H and O–H groups in total. The lowest BCUT2D eigenvalue weighted by Crippen LogP contribution is -2.42. The summed E-state index contributed by atoms with van der Waals surface area (Å²) in [6, 6.07) is 3.86. The molecule has 1 aromatic rings. The molecular weight excluding hydrogens is 255 g/mol. The normalized spacial score (nSPS) is 18.6. The predicted octanol–water partition coefficient (Wildman–Crippen LogP) is 4.01. The summed E-state index contributed by atoms with van der Waals surface area (Å²) in [5, 5.41) is 0.281. The van der Waals surface area contributed by atoms with E-state index in [1.54, 1.807) is 0 Å². The summed E-state index contributed by atoms with van der Waals surface area (Å²) in [4.78, 5) is 12.5. The van der Waals surface area contributed by atoms with Gasteiger partial charge < -0.3 is 4.74 Å². The zero-order valence-corrected chi connectivity index (χ0v) is 11.1. The van der Waals surface area contributed by atoms with E-state index < -0.39 is 11.4 Å². The maximum Gasteiger partial charge on any atom is 0.196 e. The van der Waals surface area contributed by atoms with Crippen LogP contribution in [-0.4, -0.2) is 18.5 Å². The molecule has 0 aliphatic heterocycles. The summed E-state index contributed by atoms with van der Waals surface area (Å²) in [7, 11) is 1.54. The Bertz CT molecular complexity index is 453. The smallest absolute Gasteiger partial charge is 0.196 e. The number of rotatable bonds is 3. The second kappa shape index (κ2) is 5.37. The fraction of sp³-hybridized carbons (Fsp3) is 0.500. The van der Waals surface area contributed by atoms with Crippen molar-refractivity contribution >= 4 is 17.4 Å². The average Bonchev–Trinajstić information content (AvgIpc) is 2.41. The molecule has 1 saturated carbocycles. The Hall–Kier alpha value is -0.930. The van der Waals surface area contributed by atoms with Crippen LogP contribution in [0.15, 0.2) is 18.2 Å². The lowest BCUT2D eigenvalue weighted by molar-refractivity contribution is -0.0194. The lowest BCUT2D eigenvalue weighted by Gasteiger charge is -2.34. The van der Waals surface area contributed by atoms with Crippen molar-refractivity contribution < 1.29 is 13.9 Å². The highest BCUT2D eigenvalue weighted by molar-refractivity contribution is 6.34. The zero-order chi connectivity index (χ0) is 13.2. The van der Waals surface area contributed by atoms with Crippen LogP contribution in [0.1, 0.15) is 42.5 Å². The second-order valence-corrected chi connectivity index (χ2v) is 5.12. The van der Waals surface area contributed by atoms with Crippen molar-refractivity contribution in [3.05, 3.63) is 34.6 Å². The molecule has 0 bridgehead atoms. The van der Waals surface area contributed by atoms with Crippen LogP contribution in [-0.2, 0) is 4.74 Å². The van der Waals surface area contributed by atoms with E-state index >= 15 is 0 Å². The van der Waals surface area contributed by atoms with Gasteiger partial charge in [-0.3, -0.25) is 4.79 Å². The summed E-state index contributed by atoms with van der Waals surface area (Å²) in [5.74, 6) is -0.654. The number of hydrogen-bond donors (Lipinski definition) is 0. The number of ketones is 1. The molecule has 4 heteroatoms. The first kappa shape index (κ1) is 13.5. The van der Waals surface area contributed by atoms with Crippen molar-refractivity contribution in [2.45, 2.75) is 37.7 Å². The number of ether oxygens (including phenoxy) is 1. The van der Waals surface area contributed by atoms with E-state index in [4.69, 9.17) is 16.3 Å². The van der Waals surface area contributed by atoms with Gasteiger partial charge in [-0.05, 0) is 31.0 Å². The van der Waals surface area contributed by atoms with E-state index in [0.29, 0.717) is 12.8 Å². The van der Waals surface area contributed by atoms with Gasteiger partial charge in [0.1, 0.15) is 11.4 Å². The summed E-state index contributed by atoms with van der Waals surface area (Å²) in [5.41, 5.74) is -0.601. The molecule has 1 aliphatic rings. The van der Waals surface area contributed by atoms with Gasteiger partial charge in [0.05, 0.1) is 5.02 Å². The number of carbonyl (C=O) groups is 1. The highest BCUT2D eigenvalue weighted by Crippen LogP contribution is 2.35. The number of methoxy groups -OCH3 is 1. The second-order valence-electron chi connectivity index (χ2n) is 4.71. The minimum Gasteiger partial charge on any atom is -0.370 e. The maximum atomic E-state index is 13.3. The largest absolute Gasteiger partial charge is 0.370 e. The Balaban J connectivity index is 2.36. The molecule has 0 spiro atoms. The number of carbonyl (C=O) groups excluding carboxylic acids is 1. The van der Waals surface area contributed by atoms with Crippen molar-refractivity contribution in [3.8, 4) is 0 Å². The molecule has 2 nitrogen and oxygen atoms in total. The predicted molar refractivity (Wildman–Crippen MR) is 68.6 cm³/mol. The van der Waals surface area contributed by atoms with Crippen LogP contribution < -0.4 is 0 Å². The first-order valence-electron chi connectivity index (χ1n) is 6.14. The number of benzene rings is 1. The SMILES string of the molecule is COC1(C(=O)c2cc(F)ccc2Cl)CCCCC1. The number of halogens is 2. The molecule has 0 radical (unpaired) electrons. The Morgan fingerprint density at radius 3 is 2.61 bits per heavy atom. The third-order valence-electron chi connectivity index (χ3n) is 3.64. The molecule has 98 valence electrons. The summed E-state index contributed by atoms with van der Waals surface area (Å²) < 4.78 is 18.7. The molecule has 1 aromatic carbocycles. The maximum absolute atomic E-state index is 13.3. The van der Waals surface area contributed by atoms with Crippen molar-refractivity contribution in [1.82, 2.24) is 0 Å². The molecule has 0 saturated heterocycles. The molecule has 1 aliphatic carbocycles. The monoisotopic (exact) mass is 270 g/mol. The minimum absolute atomic E-state index is 0.200. The molecule has 0 heterocycles.